The number of nitrogens with zero attached hydrogens (tertiary/aromatic N) is 2. The van der Waals surface area contributed by atoms with E-state index in [1.165, 1.54) is 19.0 Å². The third kappa shape index (κ3) is 3.69. The molecule has 0 aliphatic heterocycles. The van der Waals surface area contributed by atoms with E-state index < -0.39 is 0 Å². The van der Waals surface area contributed by atoms with Gasteiger partial charge < -0.3 is 10.6 Å². The third-order valence-corrected chi connectivity index (χ3v) is 2.76. The van der Waals surface area contributed by atoms with Crippen LogP contribution in [0.2, 0.25) is 0 Å². The maximum absolute atomic E-state index is 11.8. The van der Waals surface area contributed by atoms with Crippen molar-refractivity contribution in [1.29, 1.82) is 0 Å². The van der Waals surface area contributed by atoms with Crippen molar-refractivity contribution in [3.05, 3.63) is 18.1 Å². The van der Waals surface area contributed by atoms with Crippen molar-refractivity contribution in [3.8, 4) is 0 Å². The zero-order valence-corrected chi connectivity index (χ0v) is 10.1. The topological polar surface area (TPSA) is 66.9 Å². The van der Waals surface area contributed by atoms with E-state index in [-0.39, 0.29) is 5.91 Å². The molecule has 1 amide bonds. The summed E-state index contributed by atoms with van der Waals surface area (Å²) in [5.74, 6) is 1.33. The van der Waals surface area contributed by atoms with Crippen LogP contribution in [-0.4, -0.2) is 29.0 Å². The molecule has 0 spiro atoms. The Hall–Kier alpha value is -1.65. The summed E-state index contributed by atoms with van der Waals surface area (Å²) in [6.07, 6.45) is 6.81. The maximum Gasteiger partial charge on any atom is 0.271 e. The molecule has 0 saturated heterocycles. The quantitative estimate of drug-likeness (QED) is 0.781. The van der Waals surface area contributed by atoms with Crippen LogP contribution in [-0.2, 0) is 0 Å². The van der Waals surface area contributed by atoms with Crippen molar-refractivity contribution in [3.63, 3.8) is 0 Å². The molecule has 1 heterocycles. The van der Waals surface area contributed by atoms with E-state index in [1.807, 2.05) is 6.92 Å². The van der Waals surface area contributed by atoms with Gasteiger partial charge in [0, 0.05) is 13.1 Å². The first-order chi connectivity index (χ1) is 8.29. The van der Waals surface area contributed by atoms with Gasteiger partial charge in [0.25, 0.3) is 5.91 Å². The van der Waals surface area contributed by atoms with Crippen LogP contribution >= 0.6 is 0 Å². The van der Waals surface area contributed by atoms with Crippen LogP contribution in [0, 0.1) is 5.92 Å². The molecule has 5 nitrogen and oxygen atoms in total. The highest BCUT2D eigenvalue weighted by atomic mass is 16.1. The van der Waals surface area contributed by atoms with E-state index >= 15 is 0 Å². The smallest absolute Gasteiger partial charge is 0.271 e. The molecule has 1 aliphatic rings. The average molecular weight is 234 g/mol. The number of rotatable bonds is 6. The Labute approximate surface area is 101 Å². The second-order valence-electron chi connectivity index (χ2n) is 4.31. The van der Waals surface area contributed by atoms with Gasteiger partial charge >= 0.3 is 0 Å². The molecular weight excluding hydrogens is 216 g/mol. The van der Waals surface area contributed by atoms with Crippen LogP contribution in [0.5, 0.6) is 0 Å². The first kappa shape index (κ1) is 11.8. The van der Waals surface area contributed by atoms with Crippen LogP contribution in [0.15, 0.2) is 12.4 Å². The molecule has 1 fully saturated rings. The maximum atomic E-state index is 11.8. The fourth-order valence-electron chi connectivity index (χ4n) is 1.63. The summed E-state index contributed by atoms with van der Waals surface area (Å²) in [4.78, 5) is 19.9. The predicted molar refractivity (Wildman–Crippen MR) is 65.9 cm³/mol. The van der Waals surface area contributed by atoms with Crippen molar-refractivity contribution in [2.45, 2.75) is 26.2 Å². The molecule has 5 heteroatoms. The standard InChI is InChI=1S/C12H18N4O/c1-2-14-11-8-13-7-10(16-11)12(17)15-6-5-9-3-4-9/h7-9H,2-6H2,1H3,(H,14,16)(H,15,17). The minimum atomic E-state index is -0.141. The summed E-state index contributed by atoms with van der Waals surface area (Å²) in [5, 5.41) is 5.90. The van der Waals surface area contributed by atoms with Gasteiger partial charge in [-0.05, 0) is 19.3 Å². The number of carbonyl (C=O) groups is 1. The summed E-state index contributed by atoms with van der Waals surface area (Å²) in [6.45, 7) is 3.47. The number of amides is 1. The number of nitrogens with one attached hydrogen (secondary N) is 2. The molecule has 0 aromatic carbocycles. The lowest BCUT2D eigenvalue weighted by Gasteiger charge is -2.05. The molecule has 2 rings (SSSR count). The highest BCUT2D eigenvalue weighted by Gasteiger charge is 2.20. The van der Waals surface area contributed by atoms with E-state index in [0.29, 0.717) is 11.5 Å². The second kappa shape index (κ2) is 5.61. The van der Waals surface area contributed by atoms with E-state index in [1.54, 1.807) is 6.20 Å². The largest absolute Gasteiger partial charge is 0.369 e. The Balaban J connectivity index is 1.85. The highest BCUT2D eigenvalue weighted by Crippen LogP contribution is 2.31. The van der Waals surface area contributed by atoms with Gasteiger partial charge in [-0.2, -0.15) is 0 Å². The van der Waals surface area contributed by atoms with Gasteiger partial charge in [-0.25, -0.2) is 4.98 Å². The van der Waals surface area contributed by atoms with Gasteiger partial charge in [-0.1, -0.05) is 12.8 Å². The molecule has 0 atom stereocenters. The lowest BCUT2D eigenvalue weighted by atomic mass is 10.3. The van der Waals surface area contributed by atoms with Crippen LogP contribution < -0.4 is 10.6 Å². The molecule has 0 radical (unpaired) electrons. The van der Waals surface area contributed by atoms with E-state index in [9.17, 15) is 4.79 Å². The lowest BCUT2D eigenvalue weighted by Crippen LogP contribution is -2.26. The first-order valence-electron chi connectivity index (χ1n) is 6.13. The minimum absolute atomic E-state index is 0.141. The molecule has 1 aromatic rings. The molecule has 1 saturated carbocycles. The van der Waals surface area contributed by atoms with E-state index in [0.717, 1.165) is 25.4 Å². The van der Waals surface area contributed by atoms with Crippen molar-refractivity contribution < 1.29 is 4.79 Å². The second-order valence-corrected chi connectivity index (χ2v) is 4.31. The van der Waals surface area contributed by atoms with E-state index in [4.69, 9.17) is 0 Å². The monoisotopic (exact) mass is 234 g/mol. The Morgan fingerprint density at radius 1 is 1.47 bits per heavy atom. The van der Waals surface area contributed by atoms with Crippen molar-refractivity contribution in [1.82, 2.24) is 15.3 Å². The fraction of sp³-hybridized carbons (Fsp3) is 0.583. The molecule has 92 valence electrons. The zero-order valence-electron chi connectivity index (χ0n) is 10.1. The molecule has 17 heavy (non-hydrogen) atoms. The number of aromatic nitrogens is 2. The SMILES string of the molecule is CCNc1cncc(C(=O)NCCC2CC2)n1. The Morgan fingerprint density at radius 2 is 2.29 bits per heavy atom. The van der Waals surface area contributed by atoms with Gasteiger partial charge in [-0.15, -0.1) is 0 Å². The van der Waals surface area contributed by atoms with Crippen molar-refractivity contribution >= 4 is 11.7 Å². The van der Waals surface area contributed by atoms with Crippen LogP contribution in [0.25, 0.3) is 0 Å². The highest BCUT2D eigenvalue weighted by molar-refractivity contribution is 5.92. The third-order valence-electron chi connectivity index (χ3n) is 2.76. The Bertz CT molecular complexity index is 390. The van der Waals surface area contributed by atoms with Crippen LogP contribution in [0.4, 0.5) is 5.82 Å². The van der Waals surface area contributed by atoms with Crippen molar-refractivity contribution in [2.75, 3.05) is 18.4 Å². The van der Waals surface area contributed by atoms with Gasteiger partial charge in [0.2, 0.25) is 0 Å². The van der Waals surface area contributed by atoms with Crippen molar-refractivity contribution in [2.24, 2.45) is 5.92 Å². The summed E-state index contributed by atoms with van der Waals surface area (Å²) >= 11 is 0. The minimum Gasteiger partial charge on any atom is -0.369 e. The average Bonchev–Trinajstić information content (AvgIpc) is 3.14. The zero-order chi connectivity index (χ0) is 12.1. The number of carbonyl (C=O) groups excluding carboxylic acids is 1. The fourth-order valence-corrected chi connectivity index (χ4v) is 1.63. The number of hydrogen-bond donors (Lipinski definition) is 2. The predicted octanol–water partition coefficient (Wildman–Crippen LogP) is 1.44. The Kier molecular flexibility index (Phi) is 3.90. The summed E-state index contributed by atoms with van der Waals surface area (Å²) in [6, 6.07) is 0. The molecule has 1 aromatic heterocycles. The van der Waals surface area contributed by atoms with Gasteiger partial charge in [-0.3, -0.25) is 9.78 Å². The lowest BCUT2D eigenvalue weighted by molar-refractivity contribution is 0.0947. The molecule has 0 bridgehead atoms. The van der Waals surface area contributed by atoms with Gasteiger partial charge in [0.05, 0.1) is 12.4 Å². The summed E-state index contributed by atoms with van der Waals surface area (Å²) in [5.41, 5.74) is 0.374. The van der Waals surface area contributed by atoms with E-state index in [2.05, 4.69) is 20.6 Å². The van der Waals surface area contributed by atoms with Gasteiger partial charge in [0.15, 0.2) is 0 Å². The molecule has 2 N–H and O–H groups in total. The van der Waals surface area contributed by atoms with Crippen LogP contribution in [0.3, 0.4) is 0 Å². The molecule has 0 unspecified atom stereocenters. The van der Waals surface area contributed by atoms with Gasteiger partial charge in [0.1, 0.15) is 11.5 Å². The summed E-state index contributed by atoms with van der Waals surface area (Å²) < 4.78 is 0. The number of hydrogen-bond acceptors (Lipinski definition) is 4. The molecular formula is C12H18N4O. The normalized spacial score (nSPS) is 14.4. The van der Waals surface area contributed by atoms with Crippen LogP contribution in [0.1, 0.15) is 36.7 Å². The first-order valence-corrected chi connectivity index (χ1v) is 6.13. The Morgan fingerprint density at radius 3 is 3.00 bits per heavy atom. The molecule has 1 aliphatic carbocycles. The summed E-state index contributed by atoms with van der Waals surface area (Å²) in [7, 11) is 0. The number of anilines is 1.